The van der Waals surface area contributed by atoms with E-state index in [1.165, 1.54) is 34.0 Å². The van der Waals surface area contributed by atoms with Crippen LogP contribution in [0, 0.1) is 0 Å². The number of carbonyl (C=O) groups is 2. The summed E-state index contributed by atoms with van der Waals surface area (Å²) in [7, 11) is -1.97. The number of hydrogen-bond acceptors (Lipinski definition) is 6. The van der Waals surface area contributed by atoms with Gasteiger partial charge in [0.1, 0.15) is 12.3 Å². The Balaban J connectivity index is 1.71. The van der Waals surface area contributed by atoms with Gasteiger partial charge in [-0.3, -0.25) is 4.79 Å². The molecule has 1 fully saturated rings. The Morgan fingerprint density at radius 3 is 2.54 bits per heavy atom. The summed E-state index contributed by atoms with van der Waals surface area (Å²) >= 11 is 0. The number of nitrogens with zero attached hydrogens (tertiary/aromatic N) is 2. The molecule has 0 bridgehead atoms. The van der Waals surface area contributed by atoms with Crippen LogP contribution in [0.15, 0.2) is 41.4 Å². The number of esters is 1. The molecule has 150 valence electrons. The number of aryl methyl sites for hydroxylation is 1. The van der Waals surface area contributed by atoms with Gasteiger partial charge in [-0.1, -0.05) is 12.1 Å². The fourth-order valence-electron chi connectivity index (χ4n) is 2.91. The lowest BCUT2D eigenvalue weighted by Crippen LogP contribution is -2.40. The summed E-state index contributed by atoms with van der Waals surface area (Å²) in [6.07, 6.45) is 1.56. The monoisotopic (exact) mass is 406 g/mol. The average Bonchev–Trinajstić information content (AvgIpc) is 3.09. The molecule has 2 aromatic rings. The molecule has 0 aliphatic carbocycles. The number of benzene rings is 1. The van der Waals surface area contributed by atoms with Gasteiger partial charge in [-0.15, -0.1) is 0 Å². The topological polar surface area (TPSA) is 94.9 Å². The van der Waals surface area contributed by atoms with Gasteiger partial charge < -0.3 is 14.0 Å². The van der Waals surface area contributed by atoms with Crippen molar-refractivity contribution in [2.45, 2.75) is 18.4 Å². The molecule has 28 heavy (non-hydrogen) atoms. The van der Waals surface area contributed by atoms with Crippen LogP contribution in [-0.2, 0) is 33.2 Å². The maximum Gasteiger partial charge on any atom is 0.355 e. The van der Waals surface area contributed by atoms with Crippen molar-refractivity contribution in [1.82, 2.24) is 8.87 Å². The summed E-state index contributed by atoms with van der Waals surface area (Å²) in [6, 6.07) is 7.81. The van der Waals surface area contributed by atoms with E-state index >= 15 is 0 Å². The van der Waals surface area contributed by atoms with E-state index in [0.717, 1.165) is 0 Å². The number of morpholine rings is 1. The van der Waals surface area contributed by atoms with Gasteiger partial charge in [0.2, 0.25) is 10.0 Å². The van der Waals surface area contributed by atoms with Crippen molar-refractivity contribution in [2.24, 2.45) is 7.05 Å². The van der Waals surface area contributed by atoms with Gasteiger partial charge in [-0.25, -0.2) is 13.2 Å². The molecule has 9 heteroatoms. The second-order valence-corrected chi connectivity index (χ2v) is 8.46. The van der Waals surface area contributed by atoms with Crippen molar-refractivity contribution in [2.75, 3.05) is 26.3 Å². The highest BCUT2D eigenvalue weighted by molar-refractivity contribution is 7.89. The van der Waals surface area contributed by atoms with Crippen molar-refractivity contribution in [1.29, 1.82) is 0 Å². The highest BCUT2D eigenvalue weighted by Gasteiger charge is 2.26. The summed E-state index contributed by atoms with van der Waals surface area (Å²) in [5.74, 6) is -0.730. The van der Waals surface area contributed by atoms with Gasteiger partial charge in [-0.05, 0) is 30.7 Å². The zero-order valence-electron chi connectivity index (χ0n) is 15.8. The predicted molar refractivity (Wildman–Crippen MR) is 101 cm³/mol. The molecule has 1 aliphatic rings. The van der Waals surface area contributed by atoms with E-state index in [1.807, 2.05) is 0 Å². The van der Waals surface area contributed by atoms with Crippen LogP contribution in [0.3, 0.4) is 0 Å². The Morgan fingerprint density at radius 2 is 1.89 bits per heavy atom. The Morgan fingerprint density at radius 1 is 1.18 bits per heavy atom. The zero-order valence-corrected chi connectivity index (χ0v) is 16.6. The van der Waals surface area contributed by atoms with Crippen LogP contribution in [0.2, 0.25) is 0 Å². The third kappa shape index (κ3) is 4.32. The van der Waals surface area contributed by atoms with E-state index in [-0.39, 0.29) is 23.0 Å². The van der Waals surface area contributed by atoms with Crippen molar-refractivity contribution in [3.05, 3.63) is 53.3 Å². The molecule has 0 atom stereocenters. The molecule has 0 saturated carbocycles. The highest BCUT2D eigenvalue weighted by Crippen LogP contribution is 2.19. The van der Waals surface area contributed by atoms with Crippen LogP contribution in [-0.4, -0.2) is 55.3 Å². The lowest BCUT2D eigenvalue weighted by atomic mass is 10.2. The number of carbonyl (C=O) groups excluding carboxylic acids is 2. The second kappa shape index (κ2) is 8.26. The molecular formula is C19H22N2O6S. The minimum atomic E-state index is -3.62. The summed E-state index contributed by atoms with van der Waals surface area (Å²) in [6.45, 7) is 2.71. The summed E-state index contributed by atoms with van der Waals surface area (Å²) < 4.78 is 38.9. The Hall–Kier alpha value is -2.49. The van der Waals surface area contributed by atoms with Crippen LogP contribution in [0.1, 0.15) is 33.3 Å². The fourth-order valence-corrected chi connectivity index (χ4v) is 4.39. The molecular weight excluding hydrogens is 384 g/mol. The largest absolute Gasteiger partial charge is 0.456 e. The van der Waals surface area contributed by atoms with Crippen molar-refractivity contribution in [3.8, 4) is 0 Å². The third-order valence-corrected chi connectivity index (χ3v) is 6.39. The van der Waals surface area contributed by atoms with Crippen LogP contribution >= 0.6 is 0 Å². The van der Waals surface area contributed by atoms with Gasteiger partial charge in [0.15, 0.2) is 5.78 Å². The Kier molecular flexibility index (Phi) is 5.97. The van der Waals surface area contributed by atoms with Gasteiger partial charge >= 0.3 is 5.97 Å². The molecule has 2 heterocycles. The lowest BCUT2D eigenvalue weighted by Gasteiger charge is -2.26. The van der Waals surface area contributed by atoms with E-state index in [4.69, 9.17) is 9.47 Å². The first-order chi connectivity index (χ1) is 13.3. The molecule has 0 amide bonds. The maximum absolute atomic E-state index is 12.7. The molecule has 8 nitrogen and oxygen atoms in total. The summed E-state index contributed by atoms with van der Waals surface area (Å²) in [5, 5.41) is 0. The van der Waals surface area contributed by atoms with E-state index < -0.39 is 16.0 Å². The maximum atomic E-state index is 12.7. The van der Waals surface area contributed by atoms with Crippen LogP contribution in [0.25, 0.3) is 0 Å². The van der Waals surface area contributed by atoms with Crippen molar-refractivity contribution < 1.29 is 27.5 Å². The summed E-state index contributed by atoms with van der Waals surface area (Å²) in [5.41, 5.74) is 1.24. The van der Waals surface area contributed by atoms with Gasteiger partial charge in [0, 0.05) is 31.9 Å². The molecule has 3 rings (SSSR count). The van der Waals surface area contributed by atoms with Crippen molar-refractivity contribution >= 4 is 21.8 Å². The molecule has 1 aromatic carbocycles. The molecule has 1 aromatic heterocycles. The molecule has 0 unspecified atom stereocenters. The lowest BCUT2D eigenvalue weighted by molar-refractivity contribution is 0.0461. The normalized spacial score (nSPS) is 15.4. The molecule has 0 spiro atoms. The minimum absolute atomic E-state index is 0.0775. The number of sulfonamides is 1. The number of hydrogen-bond donors (Lipinski definition) is 0. The SMILES string of the molecule is CC(=O)c1cc(C(=O)OCc2cccc(S(=O)(=O)N3CCOCC3)c2)n(C)c1. The van der Waals surface area contributed by atoms with E-state index in [1.54, 1.807) is 25.4 Å². The van der Waals surface area contributed by atoms with Crippen LogP contribution < -0.4 is 0 Å². The smallest absolute Gasteiger partial charge is 0.355 e. The minimum Gasteiger partial charge on any atom is -0.456 e. The predicted octanol–water partition coefficient (Wildman–Crippen LogP) is 1.61. The average molecular weight is 406 g/mol. The van der Waals surface area contributed by atoms with E-state index in [0.29, 0.717) is 37.4 Å². The number of aromatic nitrogens is 1. The van der Waals surface area contributed by atoms with Crippen LogP contribution in [0.5, 0.6) is 0 Å². The standard InChI is InChI=1S/C19H22N2O6S/c1-14(22)16-11-18(20(2)12-16)19(23)27-13-15-4-3-5-17(10-15)28(24,25)21-6-8-26-9-7-21/h3-5,10-12H,6-9,13H2,1-2H3. The fraction of sp³-hybridized carbons (Fsp3) is 0.368. The number of Topliss-reactive ketones (excluding diaryl/α,β-unsaturated/α-hetero) is 1. The van der Waals surface area contributed by atoms with E-state index in [9.17, 15) is 18.0 Å². The molecule has 1 saturated heterocycles. The van der Waals surface area contributed by atoms with Crippen molar-refractivity contribution in [3.63, 3.8) is 0 Å². The third-order valence-electron chi connectivity index (χ3n) is 4.50. The first-order valence-corrected chi connectivity index (χ1v) is 10.2. The van der Waals surface area contributed by atoms with E-state index in [2.05, 4.69) is 0 Å². The second-order valence-electron chi connectivity index (χ2n) is 6.52. The highest BCUT2D eigenvalue weighted by atomic mass is 32.2. The zero-order chi connectivity index (χ0) is 20.3. The first kappa shape index (κ1) is 20.2. The number of rotatable bonds is 6. The first-order valence-electron chi connectivity index (χ1n) is 8.80. The number of ketones is 1. The molecule has 1 aliphatic heterocycles. The number of ether oxygens (including phenoxy) is 2. The molecule has 0 N–H and O–H groups in total. The van der Waals surface area contributed by atoms with Crippen LogP contribution in [0.4, 0.5) is 0 Å². The summed E-state index contributed by atoms with van der Waals surface area (Å²) in [4.78, 5) is 23.9. The quantitative estimate of drug-likeness (QED) is 0.534. The van der Waals surface area contributed by atoms with Gasteiger partial charge in [0.25, 0.3) is 0 Å². The Labute approximate surface area is 163 Å². The van der Waals surface area contributed by atoms with Gasteiger partial charge in [-0.2, -0.15) is 4.31 Å². The molecule has 0 radical (unpaired) electrons. The Bertz CT molecular complexity index is 990. The van der Waals surface area contributed by atoms with Gasteiger partial charge in [0.05, 0.1) is 18.1 Å².